The number of rotatable bonds is 3. The van der Waals surface area contributed by atoms with Gasteiger partial charge < -0.3 is 0 Å². The SMILES string of the molecule is CCSCc1cc2cc(C)ccc2s1. The molecule has 0 bridgehead atoms. The Kier molecular flexibility index (Phi) is 3.14. The maximum absolute atomic E-state index is 2.33. The quantitative estimate of drug-likeness (QED) is 0.738. The van der Waals surface area contributed by atoms with Crippen molar-refractivity contribution in [3.8, 4) is 0 Å². The van der Waals surface area contributed by atoms with E-state index in [2.05, 4.69) is 38.1 Å². The first kappa shape index (κ1) is 10.1. The van der Waals surface area contributed by atoms with Crippen LogP contribution in [-0.2, 0) is 5.75 Å². The first-order valence-electron chi connectivity index (χ1n) is 4.86. The molecule has 0 radical (unpaired) electrons. The van der Waals surface area contributed by atoms with Gasteiger partial charge in [-0.2, -0.15) is 11.8 Å². The predicted octanol–water partition coefficient (Wildman–Crippen LogP) is 4.46. The topological polar surface area (TPSA) is 0 Å². The average molecular weight is 222 g/mol. The van der Waals surface area contributed by atoms with Crippen LogP contribution >= 0.6 is 23.1 Å². The molecule has 1 aromatic carbocycles. The smallest absolute Gasteiger partial charge is 0.0346 e. The normalized spacial score (nSPS) is 11.0. The second-order valence-electron chi connectivity index (χ2n) is 3.39. The highest BCUT2D eigenvalue weighted by Gasteiger charge is 2.01. The molecule has 0 amide bonds. The van der Waals surface area contributed by atoms with E-state index in [0.29, 0.717) is 0 Å². The first-order chi connectivity index (χ1) is 6.79. The lowest BCUT2D eigenvalue weighted by Crippen LogP contribution is -1.72. The molecule has 0 fully saturated rings. The third-order valence-corrected chi connectivity index (χ3v) is 4.39. The molecule has 0 saturated heterocycles. The third-order valence-electron chi connectivity index (χ3n) is 2.17. The van der Waals surface area contributed by atoms with Crippen molar-refractivity contribution in [2.24, 2.45) is 0 Å². The Morgan fingerprint density at radius 2 is 2.14 bits per heavy atom. The fraction of sp³-hybridized carbons (Fsp3) is 0.333. The molecule has 0 aliphatic carbocycles. The van der Waals surface area contributed by atoms with Crippen molar-refractivity contribution in [2.45, 2.75) is 19.6 Å². The Morgan fingerprint density at radius 3 is 2.93 bits per heavy atom. The average Bonchev–Trinajstić information content (AvgIpc) is 2.56. The summed E-state index contributed by atoms with van der Waals surface area (Å²) >= 11 is 3.92. The highest BCUT2D eigenvalue weighted by Crippen LogP contribution is 2.28. The number of aryl methyl sites for hydroxylation is 1. The second-order valence-corrected chi connectivity index (χ2v) is 5.83. The van der Waals surface area contributed by atoms with Gasteiger partial charge in [0.05, 0.1) is 0 Å². The number of benzene rings is 1. The van der Waals surface area contributed by atoms with Crippen LogP contribution in [0.3, 0.4) is 0 Å². The number of thiophene rings is 1. The standard InChI is InChI=1S/C12H14S2/c1-3-13-8-11-7-10-6-9(2)4-5-12(10)14-11/h4-7H,3,8H2,1-2H3. The van der Waals surface area contributed by atoms with Crippen molar-refractivity contribution in [1.29, 1.82) is 0 Å². The summed E-state index contributed by atoms with van der Waals surface area (Å²) in [6, 6.07) is 9.02. The van der Waals surface area contributed by atoms with Gasteiger partial charge in [-0.05, 0) is 30.2 Å². The Hall–Kier alpha value is -0.470. The summed E-state index contributed by atoms with van der Waals surface area (Å²) in [6.45, 7) is 4.36. The van der Waals surface area contributed by atoms with Crippen LogP contribution in [-0.4, -0.2) is 5.75 Å². The summed E-state index contributed by atoms with van der Waals surface area (Å²) in [5.74, 6) is 2.36. The monoisotopic (exact) mass is 222 g/mol. The summed E-state index contributed by atoms with van der Waals surface area (Å²) in [7, 11) is 0. The number of thioether (sulfide) groups is 1. The lowest BCUT2D eigenvalue weighted by Gasteiger charge is -1.91. The van der Waals surface area contributed by atoms with Gasteiger partial charge in [-0.3, -0.25) is 0 Å². The van der Waals surface area contributed by atoms with Gasteiger partial charge in [0.2, 0.25) is 0 Å². The molecule has 0 unspecified atom stereocenters. The summed E-state index contributed by atoms with van der Waals surface area (Å²) in [5.41, 5.74) is 1.35. The molecular weight excluding hydrogens is 208 g/mol. The fourth-order valence-electron chi connectivity index (χ4n) is 1.49. The summed E-state index contributed by atoms with van der Waals surface area (Å²) in [6.07, 6.45) is 0. The minimum Gasteiger partial charge on any atom is -0.157 e. The lowest BCUT2D eigenvalue weighted by molar-refractivity contribution is 1.47. The third kappa shape index (κ3) is 2.12. The molecule has 0 spiro atoms. The van der Waals surface area contributed by atoms with Crippen LogP contribution in [0.5, 0.6) is 0 Å². The molecule has 0 nitrogen and oxygen atoms in total. The van der Waals surface area contributed by atoms with Gasteiger partial charge in [0, 0.05) is 15.3 Å². The van der Waals surface area contributed by atoms with Crippen molar-refractivity contribution in [1.82, 2.24) is 0 Å². The molecule has 0 N–H and O–H groups in total. The van der Waals surface area contributed by atoms with Gasteiger partial charge in [0.1, 0.15) is 0 Å². The van der Waals surface area contributed by atoms with E-state index < -0.39 is 0 Å². The lowest BCUT2D eigenvalue weighted by atomic mass is 10.2. The maximum atomic E-state index is 2.33. The van der Waals surface area contributed by atoms with E-state index in [-0.39, 0.29) is 0 Å². The molecule has 0 saturated carbocycles. The van der Waals surface area contributed by atoms with Crippen LogP contribution in [0.1, 0.15) is 17.4 Å². The van der Waals surface area contributed by atoms with Crippen molar-refractivity contribution in [2.75, 3.05) is 5.75 Å². The van der Waals surface area contributed by atoms with E-state index in [4.69, 9.17) is 0 Å². The van der Waals surface area contributed by atoms with Gasteiger partial charge in [-0.15, -0.1) is 11.3 Å². The highest BCUT2D eigenvalue weighted by molar-refractivity contribution is 7.98. The van der Waals surface area contributed by atoms with E-state index in [9.17, 15) is 0 Å². The summed E-state index contributed by atoms with van der Waals surface area (Å²) < 4.78 is 1.42. The largest absolute Gasteiger partial charge is 0.157 e. The van der Waals surface area contributed by atoms with Crippen molar-refractivity contribution in [3.05, 3.63) is 34.7 Å². The first-order valence-corrected chi connectivity index (χ1v) is 6.83. The zero-order valence-electron chi connectivity index (χ0n) is 8.54. The van der Waals surface area contributed by atoms with Crippen LogP contribution < -0.4 is 0 Å². The summed E-state index contributed by atoms with van der Waals surface area (Å²) in [4.78, 5) is 1.50. The van der Waals surface area contributed by atoms with Crippen LogP contribution in [0.15, 0.2) is 24.3 Å². The molecule has 1 aromatic heterocycles. The molecule has 0 aliphatic rings. The van der Waals surface area contributed by atoms with Crippen LogP contribution in [0.4, 0.5) is 0 Å². The summed E-state index contributed by atoms with van der Waals surface area (Å²) in [5, 5.41) is 1.40. The van der Waals surface area contributed by atoms with Crippen LogP contribution in [0.2, 0.25) is 0 Å². The minimum atomic E-state index is 1.16. The van der Waals surface area contributed by atoms with E-state index in [1.165, 1.54) is 26.3 Å². The van der Waals surface area contributed by atoms with Crippen LogP contribution in [0.25, 0.3) is 10.1 Å². The molecule has 2 heteroatoms. The Labute approximate surface area is 93.3 Å². The predicted molar refractivity (Wildman–Crippen MR) is 68.4 cm³/mol. The van der Waals surface area contributed by atoms with Crippen molar-refractivity contribution >= 4 is 33.2 Å². The van der Waals surface area contributed by atoms with E-state index in [1.54, 1.807) is 0 Å². The molecule has 1 heterocycles. The van der Waals surface area contributed by atoms with Gasteiger partial charge >= 0.3 is 0 Å². The zero-order valence-corrected chi connectivity index (χ0v) is 10.2. The second kappa shape index (κ2) is 4.37. The maximum Gasteiger partial charge on any atom is 0.0346 e. The van der Waals surface area contributed by atoms with Crippen LogP contribution in [0, 0.1) is 6.92 Å². The Bertz CT molecular complexity index is 429. The molecule has 2 rings (SSSR count). The van der Waals surface area contributed by atoms with Gasteiger partial charge in [-0.1, -0.05) is 24.6 Å². The van der Waals surface area contributed by atoms with Crippen molar-refractivity contribution < 1.29 is 0 Å². The Morgan fingerprint density at radius 1 is 1.29 bits per heavy atom. The van der Waals surface area contributed by atoms with E-state index >= 15 is 0 Å². The molecule has 14 heavy (non-hydrogen) atoms. The highest BCUT2D eigenvalue weighted by atomic mass is 32.2. The number of hydrogen-bond donors (Lipinski definition) is 0. The number of hydrogen-bond acceptors (Lipinski definition) is 2. The fourth-order valence-corrected chi connectivity index (χ4v) is 3.31. The minimum absolute atomic E-state index is 1.16. The van der Waals surface area contributed by atoms with Gasteiger partial charge in [-0.25, -0.2) is 0 Å². The molecule has 0 aliphatic heterocycles. The van der Waals surface area contributed by atoms with Gasteiger partial charge in [0.15, 0.2) is 0 Å². The zero-order chi connectivity index (χ0) is 9.97. The van der Waals surface area contributed by atoms with E-state index in [1.807, 2.05) is 23.1 Å². The molecule has 74 valence electrons. The number of fused-ring (bicyclic) bond motifs is 1. The van der Waals surface area contributed by atoms with E-state index in [0.717, 1.165) is 5.75 Å². The molecule has 2 aromatic rings. The molecule has 0 atom stereocenters. The van der Waals surface area contributed by atoms with Crippen molar-refractivity contribution in [3.63, 3.8) is 0 Å². The Balaban J connectivity index is 2.32. The molecular formula is C12H14S2. The van der Waals surface area contributed by atoms with Gasteiger partial charge in [0.25, 0.3) is 0 Å².